The standard InChI is InChI=1S/C12H18F6O2/c1-9(2,3)6-10(4,5)8(19)20-7(11(13,14)15)12(16,17)18/h7H,6H2,1-5H3. The quantitative estimate of drug-likeness (QED) is 0.567. The van der Waals surface area contributed by atoms with E-state index in [2.05, 4.69) is 4.74 Å². The first kappa shape index (κ1) is 19.1. The van der Waals surface area contributed by atoms with Crippen LogP contribution in [0, 0.1) is 10.8 Å². The fourth-order valence-corrected chi connectivity index (χ4v) is 1.98. The van der Waals surface area contributed by atoms with E-state index < -0.39 is 35.3 Å². The van der Waals surface area contributed by atoms with Gasteiger partial charge in [0.2, 0.25) is 0 Å². The Morgan fingerprint density at radius 1 is 0.900 bits per heavy atom. The van der Waals surface area contributed by atoms with Crippen LogP contribution >= 0.6 is 0 Å². The Kier molecular flexibility index (Phi) is 5.18. The van der Waals surface area contributed by atoms with Crippen LogP contribution in [-0.2, 0) is 9.53 Å². The third kappa shape index (κ3) is 6.00. The van der Waals surface area contributed by atoms with Crippen molar-refractivity contribution >= 4 is 5.97 Å². The van der Waals surface area contributed by atoms with E-state index in [0.29, 0.717) is 0 Å². The summed E-state index contributed by atoms with van der Waals surface area (Å²) in [7, 11) is 0. The molecule has 0 atom stereocenters. The van der Waals surface area contributed by atoms with Crippen LogP contribution in [0.3, 0.4) is 0 Å². The second-order valence-electron chi connectivity index (χ2n) is 6.49. The molecule has 0 fully saturated rings. The zero-order valence-electron chi connectivity index (χ0n) is 11.9. The molecule has 0 aromatic heterocycles. The fourth-order valence-electron chi connectivity index (χ4n) is 1.98. The van der Waals surface area contributed by atoms with Gasteiger partial charge in [-0.15, -0.1) is 0 Å². The third-order valence-electron chi connectivity index (χ3n) is 2.34. The van der Waals surface area contributed by atoms with Crippen molar-refractivity contribution < 1.29 is 35.9 Å². The number of carbonyl (C=O) groups is 1. The molecule has 0 aromatic carbocycles. The van der Waals surface area contributed by atoms with Gasteiger partial charge < -0.3 is 4.74 Å². The van der Waals surface area contributed by atoms with Crippen LogP contribution in [0.25, 0.3) is 0 Å². The highest BCUT2D eigenvalue weighted by Gasteiger charge is 2.60. The summed E-state index contributed by atoms with van der Waals surface area (Å²) in [5.74, 6) is -1.52. The van der Waals surface area contributed by atoms with Crippen LogP contribution in [-0.4, -0.2) is 24.4 Å². The molecule has 0 rings (SSSR count). The van der Waals surface area contributed by atoms with E-state index in [-0.39, 0.29) is 6.42 Å². The molecule has 0 N–H and O–H groups in total. The number of halogens is 6. The molecular weight excluding hydrogens is 290 g/mol. The zero-order valence-corrected chi connectivity index (χ0v) is 11.9. The van der Waals surface area contributed by atoms with Gasteiger partial charge in [-0.25, -0.2) is 0 Å². The van der Waals surface area contributed by atoms with E-state index in [1.165, 1.54) is 13.8 Å². The number of carbonyl (C=O) groups excluding carboxylic acids is 1. The fraction of sp³-hybridized carbons (Fsp3) is 0.917. The first-order chi connectivity index (χ1) is 8.47. The van der Waals surface area contributed by atoms with E-state index in [9.17, 15) is 31.1 Å². The minimum absolute atomic E-state index is 0.0846. The molecule has 0 spiro atoms. The normalized spacial score (nSPS) is 14.6. The van der Waals surface area contributed by atoms with Gasteiger partial charge in [-0.1, -0.05) is 20.8 Å². The molecule has 0 radical (unpaired) electrons. The summed E-state index contributed by atoms with van der Waals surface area (Å²) in [6.07, 6.45) is -15.4. The lowest BCUT2D eigenvalue weighted by Crippen LogP contribution is -2.48. The maximum absolute atomic E-state index is 12.3. The van der Waals surface area contributed by atoms with Gasteiger partial charge in [-0.2, -0.15) is 26.3 Å². The van der Waals surface area contributed by atoms with Crippen LogP contribution in [0.15, 0.2) is 0 Å². The summed E-state index contributed by atoms with van der Waals surface area (Å²) in [4.78, 5) is 11.6. The van der Waals surface area contributed by atoms with E-state index >= 15 is 0 Å². The molecule has 0 saturated heterocycles. The number of hydrogen-bond donors (Lipinski definition) is 0. The lowest BCUT2D eigenvalue weighted by molar-refractivity contribution is -0.315. The van der Waals surface area contributed by atoms with Gasteiger partial charge in [-0.05, 0) is 25.7 Å². The van der Waals surface area contributed by atoms with Crippen LogP contribution in [0.1, 0.15) is 41.0 Å². The molecule has 0 aromatic rings. The highest BCUT2D eigenvalue weighted by molar-refractivity contribution is 5.76. The molecule has 0 aliphatic rings. The summed E-state index contributed by atoms with van der Waals surface area (Å²) in [5.41, 5.74) is -1.90. The van der Waals surface area contributed by atoms with Crippen molar-refractivity contribution in [3.05, 3.63) is 0 Å². The van der Waals surface area contributed by atoms with E-state index in [4.69, 9.17) is 0 Å². The Morgan fingerprint density at radius 2 is 1.25 bits per heavy atom. The molecule has 8 heteroatoms. The van der Waals surface area contributed by atoms with Crippen molar-refractivity contribution in [2.45, 2.75) is 59.5 Å². The van der Waals surface area contributed by atoms with Gasteiger partial charge >= 0.3 is 18.3 Å². The van der Waals surface area contributed by atoms with Crippen LogP contribution < -0.4 is 0 Å². The second-order valence-corrected chi connectivity index (χ2v) is 6.49. The smallest absolute Gasteiger partial charge is 0.434 e. The Hall–Kier alpha value is -0.950. The number of hydrogen-bond acceptors (Lipinski definition) is 2. The molecule has 0 aliphatic carbocycles. The van der Waals surface area contributed by atoms with E-state index in [0.717, 1.165) is 0 Å². The molecule has 0 saturated carbocycles. The first-order valence-corrected chi connectivity index (χ1v) is 5.81. The van der Waals surface area contributed by atoms with Crippen LogP contribution in [0.5, 0.6) is 0 Å². The molecule has 0 heterocycles. The van der Waals surface area contributed by atoms with E-state index in [1.807, 2.05) is 0 Å². The van der Waals surface area contributed by atoms with Crippen LogP contribution in [0.2, 0.25) is 0 Å². The maximum Gasteiger partial charge on any atom is 0.434 e. The molecule has 0 aliphatic heterocycles. The average molecular weight is 308 g/mol. The predicted molar refractivity (Wildman–Crippen MR) is 59.8 cm³/mol. The van der Waals surface area contributed by atoms with Crippen molar-refractivity contribution in [1.29, 1.82) is 0 Å². The second kappa shape index (κ2) is 5.44. The lowest BCUT2D eigenvalue weighted by Gasteiger charge is -2.32. The van der Waals surface area contributed by atoms with Crippen molar-refractivity contribution in [2.24, 2.45) is 10.8 Å². The highest BCUT2D eigenvalue weighted by Crippen LogP contribution is 2.39. The lowest BCUT2D eigenvalue weighted by atomic mass is 9.76. The van der Waals surface area contributed by atoms with Gasteiger partial charge in [0.25, 0.3) is 6.10 Å². The van der Waals surface area contributed by atoms with Gasteiger partial charge in [0.05, 0.1) is 5.41 Å². The van der Waals surface area contributed by atoms with Crippen molar-refractivity contribution in [2.75, 3.05) is 0 Å². The van der Waals surface area contributed by atoms with E-state index in [1.54, 1.807) is 20.8 Å². The van der Waals surface area contributed by atoms with Gasteiger partial charge in [0.15, 0.2) is 0 Å². The molecule has 0 unspecified atom stereocenters. The molecular formula is C12H18F6O2. The monoisotopic (exact) mass is 308 g/mol. The Balaban J connectivity index is 5.13. The largest absolute Gasteiger partial charge is 0.442 e. The summed E-state index contributed by atoms with van der Waals surface area (Å²) in [5, 5.41) is 0. The summed E-state index contributed by atoms with van der Waals surface area (Å²) >= 11 is 0. The molecule has 0 bridgehead atoms. The third-order valence-corrected chi connectivity index (χ3v) is 2.34. The van der Waals surface area contributed by atoms with Crippen molar-refractivity contribution in [1.82, 2.24) is 0 Å². The summed E-state index contributed by atoms with van der Waals surface area (Å²) in [6, 6.07) is 0. The minimum Gasteiger partial charge on any atom is -0.442 e. The van der Waals surface area contributed by atoms with Gasteiger partial charge in [-0.3, -0.25) is 4.79 Å². The SMILES string of the molecule is CC(C)(C)CC(C)(C)C(=O)OC(C(F)(F)F)C(F)(F)F. The van der Waals surface area contributed by atoms with Crippen molar-refractivity contribution in [3.8, 4) is 0 Å². The summed E-state index contributed by atoms with van der Waals surface area (Å²) < 4.78 is 77.5. The van der Waals surface area contributed by atoms with Crippen molar-refractivity contribution in [3.63, 3.8) is 0 Å². The number of esters is 1. The number of rotatable bonds is 3. The number of ether oxygens (including phenoxy) is 1. The van der Waals surface area contributed by atoms with Crippen LogP contribution in [0.4, 0.5) is 26.3 Å². The molecule has 120 valence electrons. The Bertz CT molecular complexity index is 334. The Labute approximate surface area is 113 Å². The Morgan fingerprint density at radius 3 is 1.50 bits per heavy atom. The van der Waals surface area contributed by atoms with Gasteiger partial charge in [0.1, 0.15) is 0 Å². The zero-order chi connectivity index (χ0) is 16.6. The highest BCUT2D eigenvalue weighted by atomic mass is 19.4. The number of alkyl halides is 6. The topological polar surface area (TPSA) is 26.3 Å². The molecule has 2 nitrogen and oxygen atoms in total. The average Bonchev–Trinajstić information content (AvgIpc) is 2.05. The molecule has 0 amide bonds. The molecule has 20 heavy (non-hydrogen) atoms. The predicted octanol–water partition coefficient (Wildman–Crippen LogP) is 4.49. The minimum atomic E-state index is -5.69. The van der Waals surface area contributed by atoms with Gasteiger partial charge in [0, 0.05) is 0 Å². The summed E-state index contributed by atoms with van der Waals surface area (Å²) in [6.45, 7) is 7.65. The first-order valence-electron chi connectivity index (χ1n) is 5.81. The maximum atomic E-state index is 12.3.